The van der Waals surface area contributed by atoms with Gasteiger partial charge >= 0.3 is 10.5 Å². The molecule has 0 atom stereocenters. The van der Waals surface area contributed by atoms with Gasteiger partial charge in [-0.15, -0.1) is 0 Å². The fourth-order valence-corrected chi connectivity index (χ4v) is 0.932. The first kappa shape index (κ1) is 8.00. The van der Waals surface area contributed by atoms with Crippen LogP contribution in [0.1, 0.15) is 0 Å². The highest BCUT2D eigenvalue weighted by molar-refractivity contribution is 7.81. The van der Waals surface area contributed by atoms with Gasteiger partial charge in [0, 0.05) is 0 Å². The minimum Gasteiger partial charge on any atom is -0.358 e. The summed E-state index contributed by atoms with van der Waals surface area (Å²) in [5, 5.41) is 0. The molecule has 0 N–H and O–H groups in total. The summed E-state index contributed by atoms with van der Waals surface area (Å²) in [5.74, 6) is -0.0324. The first-order chi connectivity index (χ1) is 5.08. The van der Waals surface area contributed by atoms with Crippen LogP contribution in [0.25, 0.3) is 0 Å². The van der Waals surface area contributed by atoms with Gasteiger partial charge in [-0.2, -0.15) is 8.42 Å². The number of benzene rings is 1. The number of hydrogen-bond acceptors (Lipinski definition) is 3. The van der Waals surface area contributed by atoms with Gasteiger partial charge in [0.05, 0.1) is 0 Å². The molecule has 1 aromatic carbocycles. The molecule has 5 heteroatoms. The van der Waals surface area contributed by atoms with E-state index in [-0.39, 0.29) is 5.75 Å². The maximum Gasteiger partial charge on any atom is 0.488 e. The molecule has 0 saturated heterocycles. The van der Waals surface area contributed by atoms with Gasteiger partial charge in [-0.05, 0) is 12.1 Å². The smallest absolute Gasteiger partial charge is 0.358 e. The zero-order valence-electron chi connectivity index (χ0n) is 5.40. The molecule has 0 saturated carbocycles. The molecule has 60 valence electrons. The van der Waals surface area contributed by atoms with Gasteiger partial charge in [-0.3, -0.25) is 0 Å². The highest BCUT2D eigenvalue weighted by atomic mass is 32.3. The topological polar surface area (TPSA) is 43.4 Å². The molecule has 0 spiro atoms. The maximum atomic E-state index is 11.8. The van der Waals surface area contributed by atoms with Crippen LogP contribution in [0.2, 0.25) is 0 Å². The summed E-state index contributed by atoms with van der Waals surface area (Å²) in [4.78, 5) is 0. The molecule has 0 radical (unpaired) electrons. The van der Waals surface area contributed by atoms with Crippen molar-refractivity contribution in [1.82, 2.24) is 0 Å². The SMILES string of the molecule is O=S(=O)(F)Oc1ccccc1. The first-order valence-corrected chi connectivity index (χ1v) is 4.08. The van der Waals surface area contributed by atoms with E-state index in [4.69, 9.17) is 0 Å². The van der Waals surface area contributed by atoms with Crippen molar-refractivity contribution in [3.63, 3.8) is 0 Å². The molecule has 1 rings (SSSR count). The molecule has 0 amide bonds. The van der Waals surface area contributed by atoms with E-state index >= 15 is 0 Å². The van der Waals surface area contributed by atoms with Gasteiger partial charge in [-0.1, -0.05) is 22.1 Å². The number of rotatable bonds is 2. The van der Waals surface area contributed by atoms with Crippen LogP contribution in [0, 0.1) is 0 Å². The molecule has 0 heterocycles. The molecular formula is C6H5FO3S. The van der Waals surface area contributed by atoms with Crippen molar-refractivity contribution in [3.05, 3.63) is 30.3 Å². The average molecular weight is 176 g/mol. The first-order valence-electron chi connectivity index (χ1n) is 2.77. The molecule has 0 aliphatic carbocycles. The van der Waals surface area contributed by atoms with Crippen molar-refractivity contribution < 1.29 is 16.5 Å². The Morgan fingerprint density at radius 2 is 1.73 bits per heavy atom. The number of hydrogen-bond donors (Lipinski definition) is 0. The molecular weight excluding hydrogens is 171 g/mol. The zero-order valence-corrected chi connectivity index (χ0v) is 6.21. The van der Waals surface area contributed by atoms with E-state index in [9.17, 15) is 12.3 Å². The fourth-order valence-electron chi connectivity index (χ4n) is 0.591. The Kier molecular flexibility index (Phi) is 2.09. The molecule has 0 aromatic heterocycles. The lowest BCUT2D eigenvalue weighted by atomic mass is 10.3. The molecule has 3 nitrogen and oxygen atoms in total. The number of para-hydroxylation sites is 1. The highest BCUT2D eigenvalue weighted by Gasteiger charge is 2.07. The second kappa shape index (κ2) is 2.87. The highest BCUT2D eigenvalue weighted by Crippen LogP contribution is 2.11. The summed E-state index contributed by atoms with van der Waals surface area (Å²) in [6.45, 7) is 0. The standard InChI is InChI=1S/C6H5FO3S/c7-11(8,9)10-6-4-2-1-3-5-6/h1-5H. The van der Waals surface area contributed by atoms with Crippen LogP contribution in [0.5, 0.6) is 5.75 Å². The van der Waals surface area contributed by atoms with Crippen molar-refractivity contribution in [2.45, 2.75) is 0 Å². The summed E-state index contributed by atoms with van der Waals surface area (Å²) in [5.41, 5.74) is 0. The Balaban J connectivity index is 2.82. The van der Waals surface area contributed by atoms with Crippen molar-refractivity contribution in [1.29, 1.82) is 0 Å². The van der Waals surface area contributed by atoms with Crippen LogP contribution in [0.3, 0.4) is 0 Å². The van der Waals surface area contributed by atoms with E-state index in [1.165, 1.54) is 12.1 Å². The second-order valence-electron chi connectivity index (χ2n) is 1.79. The molecule has 0 bridgehead atoms. The Bertz CT molecular complexity index is 319. The van der Waals surface area contributed by atoms with Gasteiger partial charge in [-0.25, -0.2) is 0 Å². The van der Waals surface area contributed by atoms with Crippen LogP contribution >= 0.6 is 0 Å². The molecule has 0 aliphatic heterocycles. The lowest BCUT2D eigenvalue weighted by Gasteiger charge is -1.96. The predicted octanol–water partition coefficient (Wildman–Crippen LogP) is 1.28. The molecule has 1 aromatic rings. The van der Waals surface area contributed by atoms with E-state index in [0.717, 1.165) is 0 Å². The van der Waals surface area contributed by atoms with Crippen LogP contribution in [0.15, 0.2) is 30.3 Å². The number of halogens is 1. The molecule has 0 fully saturated rings. The Morgan fingerprint density at radius 1 is 1.18 bits per heavy atom. The Labute approximate surface area is 63.8 Å². The van der Waals surface area contributed by atoms with Gasteiger partial charge in [0.1, 0.15) is 5.75 Å². The van der Waals surface area contributed by atoms with E-state index < -0.39 is 10.5 Å². The van der Waals surface area contributed by atoms with Gasteiger partial charge in [0.2, 0.25) is 0 Å². The van der Waals surface area contributed by atoms with Gasteiger partial charge < -0.3 is 4.18 Å². The average Bonchev–Trinajstić information content (AvgIpc) is 1.85. The third-order valence-corrected chi connectivity index (χ3v) is 1.33. The predicted molar refractivity (Wildman–Crippen MR) is 37.1 cm³/mol. The van der Waals surface area contributed by atoms with Crippen molar-refractivity contribution >= 4 is 10.5 Å². The summed E-state index contributed by atoms with van der Waals surface area (Å²) < 4.78 is 35.6. The summed E-state index contributed by atoms with van der Waals surface area (Å²) >= 11 is 0. The molecule has 11 heavy (non-hydrogen) atoms. The zero-order chi connectivity index (χ0) is 8.32. The normalized spacial score (nSPS) is 11.0. The Morgan fingerprint density at radius 3 is 2.18 bits per heavy atom. The summed E-state index contributed by atoms with van der Waals surface area (Å²) in [6.07, 6.45) is 0. The fraction of sp³-hybridized carbons (Fsp3) is 0. The van der Waals surface area contributed by atoms with E-state index in [2.05, 4.69) is 4.18 Å². The Hall–Kier alpha value is -1.10. The quantitative estimate of drug-likeness (QED) is 0.637. The monoisotopic (exact) mass is 176 g/mol. The third kappa shape index (κ3) is 2.99. The lowest BCUT2D eigenvalue weighted by molar-refractivity contribution is 0.440. The van der Waals surface area contributed by atoms with Crippen LogP contribution in [-0.4, -0.2) is 8.42 Å². The second-order valence-corrected chi connectivity index (χ2v) is 2.74. The molecule has 0 unspecified atom stereocenters. The van der Waals surface area contributed by atoms with Gasteiger partial charge in [0.25, 0.3) is 0 Å². The largest absolute Gasteiger partial charge is 0.488 e. The summed E-state index contributed by atoms with van der Waals surface area (Å²) in [7, 11) is -4.88. The van der Waals surface area contributed by atoms with Crippen LogP contribution in [-0.2, 0) is 10.5 Å². The molecule has 0 aliphatic rings. The van der Waals surface area contributed by atoms with E-state index in [0.29, 0.717) is 0 Å². The van der Waals surface area contributed by atoms with E-state index in [1.807, 2.05) is 0 Å². The van der Waals surface area contributed by atoms with Crippen molar-refractivity contribution in [2.75, 3.05) is 0 Å². The van der Waals surface area contributed by atoms with Crippen molar-refractivity contribution in [3.8, 4) is 5.75 Å². The van der Waals surface area contributed by atoms with E-state index in [1.54, 1.807) is 18.2 Å². The minimum atomic E-state index is -4.88. The van der Waals surface area contributed by atoms with Crippen LogP contribution in [0.4, 0.5) is 3.89 Å². The van der Waals surface area contributed by atoms with Gasteiger partial charge in [0.15, 0.2) is 0 Å². The lowest BCUT2D eigenvalue weighted by Crippen LogP contribution is -2.00. The third-order valence-electron chi connectivity index (χ3n) is 0.939. The maximum absolute atomic E-state index is 11.8. The minimum absolute atomic E-state index is 0.0324. The van der Waals surface area contributed by atoms with Crippen LogP contribution < -0.4 is 4.18 Å². The van der Waals surface area contributed by atoms with Crippen molar-refractivity contribution in [2.24, 2.45) is 0 Å². The summed E-state index contributed by atoms with van der Waals surface area (Å²) in [6, 6.07) is 7.44.